The molecule has 0 aromatic heterocycles. The number of halogens is 5. The molecule has 0 aliphatic rings. The van der Waals surface area contributed by atoms with Crippen molar-refractivity contribution in [3.05, 3.63) is 76.0 Å². The Morgan fingerprint density at radius 2 is 1.55 bits per heavy atom. The van der Waals surface area contributed by atoms with Crippen LogP contribution in [0.15, 0.2) is 59.1 Å². The Morgan fingerprint density at radius 3 is 2.14 bits per heavy atom. The summed E-state index contributed by atoms with van der Waals surface area (Å²) in [6, 6.07) is 10.8. The number of rotatable bonds is 3. The lowest BCUT2D eigenvalue weighted by atomic mass is 9.92. The van der Waals surface area contributed by atoms with Crippen LogP contribution >= 0.6 is 15.9 Å². The van der Waals surface area contributed by atoms with Gasteiger partial charge in [0, 0.05) is 15.6 Å². The quantitative estimate of drug-likeness (QED) is 0.745. The van der Waals surface area contributed by atoms with E-state index in [4.69, 9.17) is 0 Å². The Hall–Kier alpha value is -1.66. The fourth-order valence-electron chi connectivity index (χ4n) is 1.93. The summed E-state index contributed by atoms with van der Waals surface area (Å²) in [5, 5.41) is 10.2. The zero-order valence-corrected chi connectivity index (χ0v) is 12.7. The van der Waals surface area contributed by atoms with Crippen molar-refractivity contribution >= 4 is 22.0 Å². The summed E-state index contributed by atoms with van der Waals surface area (Å²) >= 11 is 3.00. The van der Waals surface area contributed by atoms with Gasteiger partial charge in [0.25, 0.3) is 0 Å². The molecule has 0 heterocycles. The Labute approximate surface area is 133 Å². The van der Waals surface area contributed by atoms with Gasteiger partial charge in [-0.25, -0.2) is 4.39 Å². The van der Waals surface area contributed by atoms with E-state index in [0.29, 0.717) is 6.08 Å². The Bertz CT molecular complexity index is 697. The molecule has 2 rings (SSSR count). The first kappa shape index (κ1) is 16.7. The number of hydrogen-bond acceptors (Lipinski definition) is 1. The molecular weight excluding hydrogens is 364 g/mol. The van der Waals surface area contributed by atoms with Gasteiger partial charge in [0.15, 0.2) is 0 Å². The maximum atomic E-state index is 13.5. The Morgan fingerprint density at radius 1 is 0.955 bits per heavy atom. The first-order chi connectivity index (χ1) is 10.3. The predicted octanol–water partition coefficient (Wildman–Crippen LogP) is 5.05. The van der Waals surface area contributed by atoms with Gasteiger partial charge in [0.1, 0.15) is 5.82 Å². The highest BCUT2D eigenvalue weighted by atomic mass is 79.9. The minimum Gasteiger partial charge on any atom is -0.373 e. The zero-order valence-electron chi connectivity index (χ0n) is 11.1. The van der Waals surface area contributed by atoms with Gasteiger partial charge < -0.3 is 5.11 Å². The molecule has 0 amide bonds. The number of alkyl halides is 3. The van der Waals surface area contributed by atoms with Crippen molar-refractivity contribution < 1.29 is 22.7 Å². The summed E-state index contributed by atoms with van der Waals surface area (Å²) in [6.07, 6.45) is -3.49. The number of hydrogen-bond donors (Lipinski definition) is 1. The third-order valence-electron chi connectivity index (χ3n) is 3.13. The van der Waals surface area contributed by atoms with Gasteiger partial charge in [-0.05, 0) is 18.2 Å². The van der Waals surface area contributed by atoms with Crippen molar-refractivity contribution in [3.63, 3.8) is 0 Å². The second-order valence-corrected chi connectivity index (χ2v) is 5.45. The van der Waals surface area contributed by atoms with Crippen molar-refractivity contribution in [3.8, 4) is 0 Å². The van der Waals surface area contributed by atoms with E-state index in [-0.39, 0.29) is 15.6 Å². The van der Waals surface area contributed by atoms with Crippen molar-refractivity contribution in [1.82, 2.24) is 0 Å². The first-order valence-corrected chi connectivity index (χ1v) is 7.03. The minimum absolute atomic E-state index is 0.0442. The van der Waals surface area contributed by atoms with Gasteiger partial charge in [-0.1, -0.05) is 58.4 Å². The van der Waals surface area contributed by atoms with Crippen LogP contribution in [0, 0.1) is 5.82 Å². The molecule has 0 saturated heterocycles. The molecule has 0 bridgehead atoms. The second kappa shape index (κ2) is 6.22. The van der Waals surface area contributed by atoms with Crippen molar-refractivity contribution in [1.29, 1.82) is 0 Å². The normalized spacial score (nSPS) is 15.0. The van der Waals surface area contributed by atoms with Crippen LogP contribution in [0.3, 0.4) is 0 Å². The monoisotopic (exact) mass is 374 g/mol. The van der Waals surface area contributed by atoms with E-state index < -0.39 is 17.6 Å². The molecule has 0 aliphatic heterocycles. The van der Waals surface area contributed by atoms with Crippen molar-refractivity contribution in [2.24, 2.45) is 0 Å². The molecule has 1 atom stereocenters. The maximum Gasteiger partial charge on any atom is 0.425 e. The molecular formula is C16H11BrF4O. The van der Waals surface area contributed by atoms with Gasteiger partial charge in [-0.15, -0.1) is 0 Å². The lowest BCUT2D eigenvalue weighted by Crippen LogP contribution is -2.40. The van der Waals surface area contributed by atoms with Gasteiger partial charge in [0.2, 0.25) is 5.60 Å². The summed E-state index contributed by atoms with van der Waals surface area (Å²) in [5.41, 5.74) is -3.64. The van der Waals surface area contributed by atoms with Crippen LogP contribution in [0.2, 0.25) is 0 Å². The van der Waals surface area contributed by atoms with Crippen LogP contribution in [-0.4, -0.2) is 11.3 Å². The van der Waals surface area contributed by atoms with Crippen LogP contribution in [-0.2, 0) is 5.60 Å². The molecule has 1 nitrogen and oxygen atoms in total. The van der Waals surface area contributed by atoms with E-state index in [0.717, 1.165) is 18.2 Å². The summed E-state index contributed by atoms with van der Waals surface area (Å²) in [5.74, 6) is -0.671. The van der Waals surface area contributed by atoms with Gasteiger partial charge in [-0.2, -0.15) is 13.2 Å². The molecule has 0 saturated carbocycles. The fourth-order valence-corrected chi connectivity index (χ4v) is 2.51. The highest BCUT2D eigenvalue weighted by Gasteiger charge is 2.54. The van der Waals surface area contributed by atoms with E-state index in [1.54, 1.807) is 0 Å². The maximum absolute atomic E-state index is 13.5. The zero-order chi connectivity index (χ0) is 16.4. The molecule has 1 N–H and O–H groups in total. The molecule has 1 unspecified atom stereocenters. The molecule has 2 aromatic rings. The number of aliphatic hydroxyl groups is 1. The summed E-state index contributed by atoms with van der Waals surface area (Å²) < 4.78 is 53.7. The van der Waals surface area contributed by atoms with Crippen LogP contribution in [0.4, 0.5) is 17.6 Å². The van der Waals surface area contributed by atoms with Gasteiger partial charge in [-0.3, -0.25) is 0 Å². The lowest BCUT2D eigenvalue weighted by molar-refractivity contribution is -0.245. The van der Waals surface area contributed by atoms with Gasteiger partial charge in [0.05, 0.1) is 0 Å². The van der Waals surface area contributed by atoms with Crippen LogP contribution in [0.25, 0.3) is 6.08 Å². The van der Waals surface area contributed by atoms with Crippen LogP contribution < -0.4 is 0 Å². The average molecular weight is 375 g/mol. The van der Waals surface area contributed by atoms with Crippen LogP contribution in [0.1, 0.15) is 11.1 Å². The molecule has 0 spiro atoms. The largest absolute Gasteiger partial charge is 0.425 e. The molecule has 116 valence electrons. The second-order valence-electron chi connectivity index (χ2n) is 4.60. The highest BCUT2D eigenvalue weighted by Crippen LogP contribution is 2.43. The van der Waals surface area contributed by atoms with E-state index in [1.807, 2.05) is 0 Å². The smallest absolute Gasteiger partial charge is 0.373 e. The Balaban J connectivity index is 2.53. The third kappa shape index (κ3) is 3.23. The van der Waals surface area contributed by atoms with Crippen molar-refractivity contribution in [2.75, 3.05) is 0 Å². The number of benzene rings is 2. The van der Waals surface area contributed by atoms with Crippen LogP contribution in [0.5, 0.6) is 0 Å². The predicted molar refractivity (Wildman–Crippen MR) is 79.5 cm³/mol. The molecule has 22 heavy (non-hydrogen) atoms. The first-order valence-electron chi connectivity index (χ1n) is 6.23. The van der Waals surface area contributed by atoms with Gasteiger partial charge >= 0.3 is 6.18 Å². The lowest BCUT2D eigenvalue weighted by Gasteiger charge is -2.28. The summed E-state index contributed by atoms with van der Waals surface area (Å²) in [4.78, 5) is 0. The van der Waals surface area contributed by atoms with E-state index in [9.17, 15) is 22.7 Å². The molecule has 6 heteroatoms. The molecule has 0 aliphatic carbocycles. The van der Waals surface area contributed by atoms with E-state index in [1.165, 1.54) is 36.4 Å². The molecule has 2 aromatic carbocycles. The fraction of sp³-hybridized carbons (Fsp3) is 0.125. The topological polar surface area (TPSA) is 20.2 Å². The third-order valence-corrected chi connectivity index (χ3v) is 3.82. The van der Waals surface area contributed by atoms with Crippen molar-refractivity contribution in [2.45, 2.75) is 11.8 Å². The minimum atomic E-state index is -4.96. The standard InChI is InChI=1S/C16H11BrF4O/c17-13-7-3-2-6-12(13)15(22,16(19,20)21)10-9-11-5-1-4-8-14(11)18/h1-10,22H. The molecule has 0 fully saturated rings. The Kier molecular flexibility index (Phi) is 4.72. The average Bonchev–Trinajstić information content (AvgIpc) is 2.45. The molecule has 0 radical (unpaired) electrons. The summed E-state index contributed by atoms with van der Waals surface area (Å²) in [6.45, 7) is 0. The summed E-state index contributed by atoms with van der Waals surface area (Å²) in [7, 11) is 0. The highest BCUT2D eigenvalue weighted by molar-refractivity contribution is 9.10. The SMILES string of the molecule is OC(C=Cc1ccccc1F)(c1ccccc1Br)C(F)(F)F. The van der Waals surface area contributed by atoms with E-state index >= 15 is 0 Å². The van der Waals surface area contributed by atoms with E-state index in [2.05, 4.69) is 15.9 Å².